The lowest BCUT2D eigenvalue weighted by atomic mass is 10.2. The summed E-state index contributed by atoms with van der Waals surface area (Å²) < 4.78 is 14.2. The molecule has 4 heterocycles. The quantitative estimate of drug-likeness (QED) is 0.418. The van der Waals surface area contributed by atoms with E-state index in [1.807, 2.05) is 37.3 Å². The molecule has 0 atom stereocenters. The van der Waals surface area contributed by atoms with Crippen molar-refractivity contribution in [3.8, 4) is 5.75 Å². The fourth-order valence-electron chi connectivity index (χ4n) is 3.69. The number of aryl methyl sites for hydroxylation is 1. The number of carbonyl (C=O) groups excluding carboxylic acids is 1. The highest BCUT2D eigenvalue weighted by atomic mass is 79.9. The summed E-state index contributed by atoms with van der Waals surface area (Å²) in [6.45, 7) is 4.74. The molecule has 1 aliphatic heterocycles. The summed E-state index contributed by atoms with van der Waals surface area (Å²) in [5, 5.41) is 4.27. The lowest BCUT2D eigenvalue weighted by molar-refractivity contribution is 0.0710. The van der Waals surface area contributed by atoms with Crippen molar-refractivity contribution in [1.82, 2.24) is 24.5 Å². The maximum Gasteiger partial charge on any atom is 0.289 e. The van der Waals surface area contributed by atoms with Crippen LogP contribution in [0.5, 0.6) is 5.75 Å². The number of halogens is 1. The molecule has 10 heteroatoms. The molecule has 32 heavy (non-hydrogen) atoms. The van der Waals surface area contributed by atoms with Gasteiger partial charge in [-0.1, -0.05) is 15.9 Å². The standard InChI is InChI=1S/C22H21BrN6O3/c1-15-12-20(29-22(26-15)24-14-25-29)27-8-10-28(11-9-27)21(30)19-7-6-18(32-19)13-31-17-4-2-16(23)3-5-17/h2-7,12,14H,8-11,13H2,1H3. The third kappa shape index (κ3) is 4.18. The number of carbonyl (C=O) groups is 1. The molecule has 9 nitrogen and oxygen atoms in total. The van der Waals surface area contributed by atoms with E-state index in [9.17, 15) is 4.79 Å². The highest BCUT2D eigenvalue weighted by Crippen LogP contribution is 2.21. The van der Waals surface area contributed by atoms with Gasteiger partial charge in [0.2, 0.25) is 0 Å². The maximum absolute atomic E-state index is 12.9. The van der Waals surface area contributed by atoms with Gasteiger partial charge in [-0.15, -0.1) is 0 Å². The second-order valence-corrected chi connectivity index (χ2v) is 8.43. The van der Waals surface area contributed by atoms with Crippen molar-refractivity contribution in [1.29, 1.82) is 0 Å². The van der Waals surface area contributed by atoms with Gasteiger partial charge in [-0.2, -0.15) is 14.6 Å². The van der Waals surface area contributed by atoms with Gasteiger partial charge < -0.3 is 19.0 Å². The second kappa shape index (κ2) is 8.62. The average Bonchev–Trinajstić information content (AvgIpc) is 3.47. The highest BCUT2D eigenvalue weighted by molar-refractivity contribution is 9.10. The third-order valence-electron chi connectivity index (χ3n) is 5.32. The number of furan rings is 1. The van der Waals surface area contributed by atoms with Gasteiger partial charge in [-0.05, 0) is 43.3 Å². The van der Waals surface area contributed by atoms with Gasteiger partial charge in [0, 0.05) is 42.4 Å². The minimum absolute atomic E-state index is 0.114. The molecule has 0 saturated carbocycles. The molecular weight excluding hydrogens is 476 g/mol. The molecule has 0 N–H and O–H groups in total. The second-order valence-electron chi connectivity index (χ2n) is 7.52. The zero-order valence-corrected chi connectivity index (χ0v) is 19.0. The normalized spacial score (nSPS) is 14.2. The van der Waals surface area contributed by atoms with Gasteiger partial charge in [0.25, 0.3) is 11.7 Å². The molecule has 4 aromatic rings. The van der Waals surface area contributed by atoms with Crippen LogP contribution in [0.25, 0.3) is 5.78 Å². The van der Waals surface area contributed by atoms with E-state index in [-0.39, 0.29) is 12.5 Å². The predicted molar refractivity (Wildman–Crippen MR) is 121 cm³/mol. The number of piperazine rings is 1. The van der Waals surface area contributed by atoms with Crippen LogP contribution >= 0.6 is 15.9 Å². The number of aromatic nitrogens is 4. The predicted octanol–water partition coefficient (Wildman–Crippen LogP) is 3.33. The first-order valence-electron chi connectivity index (χ1n) is 10.3. The zero-order valence-electron chi connectivity index (χ0n) is 17.4. The lowest BCUT2D eigenvalue weighted by Gasteiger charge is -2.35. The van der Waals surface area contributed by atoms with Gasteiger partial charge in [-0.3, -0.25) is 4.79 Å². The van der Waals surface area contributed by atoms with Crippen molar-refractivity contribution >= 4 is 33.4 Å². The Morgan fingerprint density at radius 1 is 1.12 bits per heavy atom. The molecule has 3 aromatic heterocycles. The summed E-state index contributed by atoms with van der Waals surface area (Å²) in [7, 11) is 0. The molecule has 1 aromatic carbocycles. The Balaban J connectivity index is 1.20. The number of fused-ring (bicyclic) bond motifs is 1. The molecule has 164 valence electrons. The van der Waals surface area contributed by atoms with E-state index in [2.05, 4.69) is 35.9 Å². The minimum atomic E-state index is -0.114. The van der Waals surface area contributed by atoms with Crippen LogP contribution in [-0.2, 0) is 6.61 Å². The number of nitrogens with zero attached hydrogens (tertiary/aromatic N) is 6. The van der Waals surface area contributed by atoms with E-state index in [1.54, 1.807) is 21.5 Å². The van der Waals surface area contributed by atoms with Crippen LogP contribution in [0, 0.1) is 6.92 Å². The number of amides is 1. The Hall–Kier alpha value is -3.40. The van der Waals surface area contributed by atoms with Crippen molar-refractivity contribution in [3.63, 3.8) is 0 Å². The van der Waals surface area contributed by atoms with Gasteiger partial charge in [0.1, 0.15) is 30.3 Å². The molecule has 0 bridgehead atoms. The summed E-state index contributed by atoms with van der Waals surface area (Å²) in [5.41, 5.74) is 0.882. The van der Waals surface area contributed by atoms with Crippen LogP contribution in [0.1, 0.15) is 22.0 Å². The smallest absolute Gasteiger partial charge is 0.289 e. The molecule has 0 unspecified atom stereocenters. The number of benzene rings is 1. The van der Waals surface area contributed by atoms with Crippen LogP contribution in [0.4, 0.5) is 5.82 Å². The Kier molecular flexibility index (Phi) is 5.52. The molecule has 1 saturated heterocycles. The van der Waals surface area contributed by atoms with Crippen molar-refractivity contribution in [2.24, 2.45) is 0 Å². The summed E-state index contributed by atoms with van der Waals surface area (Å²) >= 11 is 3.40. The van der Waals surface area contributed by atoms with Crippen molar-refractivity contribution in [2.45, 2.75) is 13.5 Å². The SMILES string of the molecule is Cc1cc(N2CCN(C(=O)c3ccc(COc4ccc(Br)cc4)o3)CC2)n2ncnc2n1. The molecule has 0 radical (unpaired) electrons. The number of anilines is 1. The molecular formula is C22H21BrN6O3. The topological polar surface area (TPSA) is 89.0 Å². The average molecular weight is 497 g/mol. The molecule has 1 fully saturated rings. The van der Waals surface area contributed by atoms with Crippen LogP contribution in [-0.4, -0.2) is 56.6 Å². The third-order valence-corrected chi connectivity index (χ3v) is 5.85. The molecule has 1 amide bonds. The molecule has 5 rings (SSSR count). The van der Waals surface area contributed by atoms with E-state index in [1.165, 1.54) is 6.33 Å². The monoisotopic (exact) mass is 496 g/mol. The Morgan fingerprint density at radius 2 is 1.91 bits per heavy atom. The van der Waals surface area contributed by atoms with E-state index in [0.717, 1.165) is 21.7 Å². The number of hydrogen-bond acceptors (Lipinski definition) is 7. The van der Waals surface area contributed by atoms with E-state index in [4.69, 9.17) is 9.15 Å². The van der Waals surface area contributed by atoms with Gasteiger partial charge in [0.15, 0.2) is 5.76 Å². The fraction of sp³-hybridized carbons (Fsp3) is 0.273. The summed E-state index contributed by atoms with van der Waals surface area (Å²) in [6, 6.07) is 13.0. The summed E-state index contributed by atoms with van der Waals surface area (Å²) in [4.78, 5) is 25.5. The Bertz CT molecular complexity index is 1240. The van der Waals surface area contributed by atoms with Crippen LogP contribution in [0.3, 0.4) is 0 Å². The Labute approximate surface area is 192 Å². The number of hydrogen-bond donors (Lipinski definition) is 0. The number of ether oxygens (including phenoxy) is 1. The van der Waals surface area contributed by atoms with Crippen LogP contribution < -0.4 is 9.64 Å². The zero-order chi connectivity index (χ0) is 22.1. The Morgan fingerprint density at radius 3 is 2.69 bits per heavy atom. The first-order chi connectivity index (χ1) is 15.6. The van der Waals surface area contributed by atoms with E-state index >= 15 is 0 Å². The van der Waals surface area contributed by atoms with E-state index < -0.39 is 0 Å². The largest absolute Gasteiger partial charge is 0.486 e. The first kappa shape index (κ1) is 20.5. The summed E-state index contributed by atoms with van der Waals surface area (Å²) in [6.07, 6.45) is 1.50. The molecule has 0 aliphatic carbocycles. The lowest BCUT2D eigenvalue weighted by Crippen LogP contribution is -2.49. The van der Waals surface area contributed by atoms with Gasteiger partial charge >= 0.3 is 0 Å². The van der Waals surface area contributed by atoms with Gasteiger partial charge in [0.05, 0.1) is 0 Å². The minimum Gasteiger partial charge on any atom is -0.486 e. The number of rotatable bonds is 5. The highest BCUT2D eigenvalue weighted by Gasteiger charge is 2.26. The van der Waals surface area contributed by atoms with Crippen molar-refractivity contribution in [3.05, 3.63) is 70.5 Å². The van der Waals surface area contributed by atoms with Crippen LogP contribution in [0.15, 0.2) is 57.7 Å². The first-order valence-corrected chi connectivity index (χ1v) is 11.0. The fourth-order valence-corrected chi connectivity index (χ4v) is 3.95. The van der Waals surface area contributed by atoms with Gasteiger partial charge in [-0.25, -0.2) is 4.98 Å². The van der Waals surface area contributed by atoms with Crippen molar-refractivity contribution in [2.75, 3.05) is 31.1 Å². The van der Waals surface area contributed by atoms with Crippen molar-refractivity contribution < 1.29 is 13.9 Å². The van der Waals surface area contributed by atoms with E-state index in [0.29, 0.717) is 43.5 Å². The summed E-state index contributed by atoms with van der Waals surface area (Å²) in [5.74, 6) is 3.06. The molecule has 1 aliphatic rings. The molecule has 0 spiro atoms. The maximum atomic E-state index is 12.9. The van der Waals surface area contributed by atoms with Crippen LogP contribution in [0.2, 0.25) is 0 Å².